The molecule has 0 aromatic carbocycles. The zero-order valence-electron chi connectivity index (χ0n) is 7.96. The van der Waals surface area contributed by atoms with Gasteiger partial charge >= 0.3 is 0 Å². The maximum Gasteiger partial charge on any atom is 0.231 e. The molecule has 0 aliphatic carbocycles. The van der Waals surface area contributed by atoms with E-state index in [1.807, 2.05) is 16.8 Å². The molecule has 0 fully saturated rings. The minimum absolute atomic E-state index is 0.183. The summed E-state index contributed by atoms with van der Waals surface area (Å²) in [6.07, 6.45) is 0.606. The van der Waals surface area contributed by atoms with Crippen molar-refractivity contribution in [1.29, 1.82) is 0 Å². The zero-order valence-corrected chi connectivity index (χ0v) is 8.78. The van der Waals surface area contributed by atoms with Gasteiger partial charge in [0.1, 0.15) is 0 Å². The monoisotopic (exact) mass is 225 g/mol. The summed E-state index contributed by atoms with van der Waals surface area (Å²) in [6, 6.07) is 1.44. The Morgan fingerprint density at radius 1 is 1.60 bits per heavy atom. The van der Waals surface area contributed by atoms with Crippen LogP contribution in [0.2, 0.25) is 0 Å². The molecule has 0 bridgehead atoms. The molecule has 1 atom stereocenters. The van der Waals surface area contributed by atoms with Gasteiger partial charge < -0.3 is 15.4 Å². The quantitative estimate of drug-likeness (QED) is 0.800. The molecule has 2 rings (SSSR count). The van der Waals surface area contributed by atoms with Gasteiger partial charge in [0.05, 0.1) is 19.1 Å². The van der Waals surface area contributed by atoms with Gasteiger partial charge in [0.15, 0.2) is 5.82 Å². The number of hydrogen-bond acceptors (Lipinski definition) is 6. The van der Waals surface area contributed by atoms with Crippen LogP contribution in [-0.4, -0.2) is 21.9 Å². The summed E-state index contributed by atoms with van der Waals surface area (Å²) in [5, 5.41) is 16.5. The van der Waals surface area contributed by atoms with Crippen LogP contribution in [0.15, 0.2) is 21.3 Å². The van der Waals surface area contributed by atoms with Crippen LogP contribution in [0.4, 0.5) is 0 Å². The normalized spacial score (nSPS) is 12.9. The largest absolute Gasteiger partial charge is 0.394 e. The summed E-state index contributed by atoms with van der Waals surface area (Å²) >= 11 is 1.62. The van der Waals surface area contributed by atoms with Crippen molar-refractivity contribution < 1.29 is 9.63 Å². The van der Waals surface area contributed by atoms with Gasteiger partial charge in [-0.25, -0.2) is 0 Å². The van der Waals surface area contributed by atoms with Crippen molar-refractivity contribution in [3.8, 4) is 0 Å². The number of nitrogens with zero attached hydrogens (tertiary/aromatic N) is 2. The first-order chi connectivity index (χ1) is 7.29. The molecule has 5 nitrogen and oxygen atoms in total. The van der Waals surface area contributed by atoms with Gasteiger partial charge in [0.2, 0.25) is 5.89 Å². The number of aliphatic hydroxyl groups is 1. The third kappa shape index (κ3) is 2.41. The van der Waals surface area contributed by atoms with E-state index in [4.69, 9.17) is 15.4 Å². The highest BCUT2D eigenvalue weighted by molar-refractivity contribution is 7.07. The van der Waals surface area contributed by atoms with Gasteiger partial charge in [-0.2, -0.15) is 16.3 Å². The molecular weight excluding hydrogens is 214 g/mol. The van der Waals surface area contributed by atoms with Crippen LogP contribution < -0.4 is 5.73 Å². The van der Waals surface area contributed by atoms with Crippen molar-refractivity contribution >= 4 is 11.3 Å². The highest BCUT2D eigenvalue weighted by Gasteiger charge is 2.13. The van der Waals surface area contributed by atoms with Crippen molar-refractivity contribution in [2.24, 2.45) is 5.73 Å². The first-order valence-electron chi connectivity index (χ1n) is 4.49. The minimum atomic E-state index is -0.565. The SMILES string of the molecule is NC(CO)c1noc(Cc2ccsc2)n1. The zero-order chi connectivity index (χ0) is 10.7. The van der Waals surface area contributed by atoms with Crippen LogP contribution >= 0.6 is 11.3 Å². The molecule has 2 heterocycles. The predicted molar refractivity (Wildman–Crippen MR) is 55.4 cm³/mol. The van der Waals surface area contributed by atoms with Gasteiger partial charge in [-0.05, 0) is 22.4 Å². The molecule has 0 amide bonds. The van der Waals surface area contributed by atoms with Gasteiger partial charge in [-0.1, -0.05) is 5.16 Å². The smallest absolute Gasteiger partial charge is 0.231 e. The molecule has 0 aliphatic rings. The molecule has 0 saturated heterocycles. The number of thiophene rings is 1. The molecule has 2 aromatic rings. The van der Waals surface area contributed by atoms with Crippen LogP contribution in [0.25, 0.3) is 0 Å². The van der Waals surface area contributed by atoms with Gasteiger partial charge in [0, 0.05) is 0 Å². The first-order valence-corrected chi connectivity index (χ1v) is 5.44. The average Bonchev–Trinajstić information content (AvgIpc) is 2.88. The van der Waals surface area contributed by atoms with Gasteiger partial charge in [0.25, 0.3) is 0 Å². The van der Waals surface area contributed by atoms with Crippen LogP contribution in [0.5, 0.6) is 0 Å². The van der Waals surface area contributed by atoms with Crippen molar-refractivity contribution in [3.05, 3.63) is 34.1 Å². The number of aromatic nitrogens is 2. The van der Waals surface area contributed by atoms with Crippen LogP contribution in [-0.2, 0) is 6.42 Å². The van der Waals surface area contributed by atoms with E-state index in [1.54, 1.807) is 11.3 Å². The fourth-order valence-electron chi connectivity index (χ4n) is 1.14. The van der Waals surface area contributed by atoms with E-state index in [0.717, 1.165) is 5.56 Å². The summed E-state index contributed by atoms with van der Waals surface area (Å²) < 4.78 is 5.01. The van der Waals surface area contributed by atoms with E-state index in [0.29, 0.717) is 18.1 Å². The van der Waals surface area contributed by atoms with Crippen molar-refractivity contribution in [3.63, 3.8) is 0 Å². The lowest BCUT2D eigenvalue weighted by Gasteiger charge is -1.98. The van der Waals surface area contributed by atoms with Crippen LogP contribution in [0.1, 0.15) is 23.3 Å². The molecule has 6 heteroatoms. The fraction of sp³-hybridized carbons (Fsp3) is 0.333. The summed E-state index contributed by atoms with van der Waals surface area (Å²) in [6.45, 7) is -0.183. The lowest BCUT2D eigenvalue weighted by molar-refractivity contribution is 0.259. The molecule has 0 saturated carbocycles. The highest BCUT2D eigenvalue weighted by Crippen LogP contribution is 2.12. The summed E-state index contributed by atoms with van der Waals surface area (Å²) in [5.41, 5.74) is 6.68. The molecule has 0 spiro atoms. The Balaban J connectivity index is 2.07. The average molecular weight is 225 g/mol. The summed E-state index contributed by atoms with van der Waals surface area (Å²) in [4.78, 5) is 4.10. The van der Waals surface area contributed by atoms with E-state index in [1.165, 1.54) is 0 Å². The second kappa shape index (κ2) is 4.52. The highest BCUT2D eigenvalue weighted by atomic mass is 32.1. The Kier molecular flexibility index (Phi) is 3.10. The summed E-state index contributed by atoms with van der Waals surface area (Å²) in [5.74, 6) is 0.870. The molecule has 1 unspecified atom stereocenters. The van der Waals surface area contributed by atoms with Gasteiger partial charge in [-0.3, -0.25) is 0 Å². The second-order valence-corrected chi connectivity index (χ2v) is 3.92. The Bertz CT molecular complexity index is 413. The number of nitrogens with two attached hydrogens (primary N) is 1. The maximum atomic E-state index is 8.81. The van der Waals surface area contributed by atoms with E-state index in [9.17, 15) is 0 Å². The molecule has 80 valence electrons. The predicted octanol–water partition coefficient (Wildman–Crippen LogP) is 0.714. The number of rotatable bonds is 4. The molecule has 2 aromatic heterocycles. The van der Waals surface area contributed by atoms with Crippen molar-refractivity contribution in [1.82, 2.24) is 10.1 Å². The molecule has 0 aliphatic heterocycles. The second-order valence-electron chi connectivity index (χ2n) is 3.14. The van der Waals surface area contributed by atoms with E-state index in [2.05, 4.69) is 10.1 Å². The Morgan fingerprint density at radius 2 is 2.47 bits per heavy atom. The minimum Gasteiger partial charge on any atom is -0.394 e. The topological polar surface area (TPSA) is 85.2 Å². The van der Waals surface area contributed by atoms with E-state index < -0.39 is 6.04 Å². The van der Waals surface area contributed by atoms with Crippen LogP contribution in [0, 0.1) is 0 Å². The van der Waals surface area contributed by atoms with Crippen molar-refractivity contribution in [2.75, 3.05) is 6.61 Å². The standard InChI is InChI=1S/C9H11N3O2S/c10-7(4-13)9-11-8(14-12-9)3-6-1-2-15-5-6/h1-2,5,7,13H,3-4,10H2. The molecule has 3 N–H and O–H groups in total. The van der Waals surface area contributed by atoms with E-state index in [-0.39, 0.29) is 6.61 Å². The third-order valence-corrected chi connectivity index (χ3v) is 2.68. The fourth-order valence-corrected chi connectivity index (χ4v) is 1.81. The number of hydrogen-bond donors (Lipinski definition) is 2. The Labute approximate surface area is 90.5 Å². The number of aliphatic hydroxyl groups excluding tert-OH is 1. The summed E-state index contributed by atoms with van der Waals surface area (Å²) in [7, 11) is 0. The lowest BCUT2D eigenvalue weighted by atomic mass is 10.2. The van der Waals surface area contributed by atoms with Crippen molar-refractivity contribution in [2.45, 2.75) is 12.5 Å². The van der Waals surface area contributed by atoms with E-state index >= 15 is 0 Å². The molecular formula is C9H11N3O2S. The first kappa shape index (κ1) is 10.3. The Morgan fingerprint density at radius 3 is 3.13 bits per heavy atom. The van der Waals surface area contributed by atoms with Crippen LogP contribution in [0.3, 0.4) is 0 Å². The molecule has 15 heavy (non-hydrogen) atoms. The Hall–Kier alpha value is -1.24. The molecule has 0 radical (unpaired) electrons. The lowest BCUT2D eigenvalue weighted by Crippen LogP contribution is -2.16. The maximum absolute atomic E-state index is 8.81. The third-order valence-electron chi connectivity index (χ3n) is 1.95. The van der Waals surface area contributed by atoms with Gasteiger partial charge in [-0.15, -0.1) is 0 Å².